The van der Waals surface area contributed by atoms with Crippen molar-refractivity contribution >= 4 is 10.4 Å². The van der Waals surface area contributed by atoms with Crippen molar-refractivity contribution in [3.8, 4) is 0 Å². The van der Waals surface area contributed by atoms with Crippen molar-refractivity contribution in [1.29, 1.82) is 0 Å². The number of rotatable bonds is 4. The third-order valence-electron chi connectivity index (χ3n) is 4.10. The Balaban J connectivity index is 2.11. The molecule has 0 spiro atoms. The van der Waals surface area contributed by atoms with Crippen LogP contribution in [0.4, 0.5) is 0 Å². The summed E-state index contributed by atoms with van der Waals surface area (Å²) < 4.78 is 50.0. The van der Waals surface area contributed by atoms with Gasteiger partial charge in [0.05, 0.1) is 12.2 Å². The summed E-state index contributed by atoms with van der Waals surface area (Å²) in [6, 6.07) is 0. The fourth-order valence-corrected chi connectivity index (χ4v) is 3.27. The summed E-state index contributed by atoms with van der Waals surface area (Å²) in [5.74, 6) is 0. The molecule has 6 N–H and O–H groups in total. The van der Waals surface area contributed by atoms with Crippen molar-refractivity contribution in [1.82, 2.24) is 0 Å². The molecule has 0 aromatic heterocycles. The van der Waals surface area contributed by atoms with Gasteiger partial charge in [-0.05, 0) is 13.8 Å². The Bertz CT molecular complexity index is 540. The van der Waals surface area contributed by atoms with Crippen LogP contribution < -0.4 is 0 Å². The van der Waals surface area contributed by atoms with Gasteiger partial charge in [0.1, 0.15) is 36.6 Å². The van der Waals surface area contributed by atoms with Crippen molar-refractivity contribution < 1.29 is 56.9 Å². The van der Waals surface area contributed by atoms with Crippen LogP contribution in [0.25, 0.3) is 0 Å². The molecule has 12 nitrogen and oxygen atoms in total. The van der Waals surface area contributed by atoms with Crippen LogP contribution in [0.3, 0.4) is 0 Å². The van der Waals surface area contributed by atoms with E-state index < -0.39 is 71.8 Å². The molecule has 0 aliphatic carbocycles. The molecule has 0 saturated carbocycles. The first kappa shape index (κ1) is 20.9. The number of ether oxygens (including phenoxy) is 3. The molecule has 0 bridgehead atoms. The number of aliphatic hydroxyl groups is 5. The second-order valence-corrected chi connectivity index (χ2v) is 7.04. The molecule has 2 fully saturated rings. The minimum atomic E-state index is -4.91. The second-order valence-electron chi connectivity index (χ2n) is 5.99. The Morgan fingerprint density at radius 2 is 1.40 bits per heavy atom. The third-order valence-corrected chi connectivity index (χ3v) is 4.57. The first-order valence-corrected chi connectivity index (χ1v) is 8.81. The summed E-state index contributed by atoms with van der Waals surface area (Å²) >= 11 is 0. The summed E-state index contributed by atoms with van der Waals surface area (Å²) in [5, 5.41) is 49.5. The molecule has 2 aliphatic heterocycles. The normalized spacial score (nSPS) is 49.1. The standard InChI is InChI=1S/C12H22O12S/c1-3-5(13)10(8(16)11(17)21-3)23-12-7(15)6(14)9(4(2)22-12)24-25(18,19)20/h3-17H,1-2H3,(H,18,19,20)/t3-,4-,5-,6-,7-,8-,9-,10+,11-,12+/m0/s1. The van der Waals surface area contributed by atoms with E-state index in [1.54, 1.807) is 0 Å². The van der Waals surface area contributed by atoms with Gasteiger partial charge in [0, 0.05) is 0 Å². The molecule has 0 unspecified atom stereocenters. The number of hydrogen-bond donors (Lipinski definition) is 6. The Morgan fingerprint density at radius 3 is 1.96 bits per heavy atom. The first-order chi connectivity index (χ1) is 11.4. The lowest BCUT2D eigenvalue weighted by molar-refractivity contribution is -0.348. The molecule has 0 radical (unpaired) electrons. The van der Waals surface area contributed by atoms with Gasteiger partial charge in [-0.25, -0.2) is 4.18 Å². The molecular weight excluding hydrogens is 368 g/mol. The fourth-order valence-electron chi connectivity index (χ4n) is 2.72. The van der Waals surface area contributed by atoms with Gasteiger partial charge in [-0.2, -0.15) is 8.42 Å². The smallest absolute Gasteiger partial charge is 0.388 e. The molecule has 0 aromatic rings. The molecule has 0 aromatic carbocycles. The molecule has 13 heteroatoms. The lowest BCUT2D eigenvalue weighted by Crippen LogP contribution is -2.63. The number of aliphatic hydroxyl groups excluding tert-OH is 5. The van der Waals surface area contributed by atoms with Gasteiger partial charge in [0.25, 0.3) is 0 Å². The van der Waals surface area contributed by atoms with E-state index in [2.05, 4.69) is 4.18 Å². The van der Waals surface area contributed by atoms with Crippen molar-refractivity contribution in [2.45, 2.75) is 75.3 Å². The topological polar surface area (TPSA) is 192 Å². The van der Waals surface area contributed by atoms with Crippen LogP contribution in [-0.4, -0.2) is 99.9 Å². The molecule has 10 atom stereocenters. The zero-order valence-electron chi connectivity index (χ0n) is 13.3. The average molecular weight is 390 g/mol. The van der Waals surface area contributed by atoms with Crippen LogP contribution in [0.15, 0.2) is 0 Å². The van der Waals surface area contributed by atoms with Crippen LogP contribution in [0.2, 0.25) is 0 Å². The summed E-state index contributed by atoms with van der Waals surface area (Å²) in [5.41, 5.74) is 0. The zero-order chi connectivity index (χ0) is 19.1. The Kier molecular flexibility index (Phi) is 6.39. The van der Waals surface area contributed by atoms with Crippen molar-refractivity contribution in [3.05, 3.63) is 0 Å². The van der Waals surface area contributed by atoms with E-state index in [1.165, 1.54) is 13.8 Å². The van der Waals surface area contributed by atoms with E-state index in [1.807, 2.05) is 0 Å². The van der Waals surface area contributed by atoms with E-state index in [-0.39, 0.29) is 0 Å². The molecule has 148 valence electrons. The van der Waals surface area contributed by atoms with Gasteiger partial charge >= 0.3 is 10.4 Å². The molecule has 0 amide bonds. The zero-order valence-corrected chi connectivity index (χ0v) is 14.1. The van der Waals surface area contributed by atoms with Gasteiger partial charge < -0.3 is 39.7 Å². The van der Waals surface area contributed by atoms with Gasteiger partial charge in [0.15, 0.2) is 12.6 Å². The second kappa shape index (κ2) is 7.66. The molecule has 2 aliphatic rings. The summed E-state index contributed by atoms with van der Waals surface area (Å²) in [7, 11) is -4.91. The Labute approximate surface area is 143 Å². The van der Waals surface area contributed by atoms with Crippen LogP contribution >= 0.6 is 0 Å². The van der Waals surface area contributed by atoms with E-state index >= 15 is 0 Å². The maximum Gasteiger partial charge on any atom is 0.397 e. The third kappa shape index (κ3) is 4.64. The monoisotopic (exact) mass is 390 g/mol. The highest BCUT2D eigenvalue weighted by Crippen LogP contribution is 2.29. The maximum absolute atomic E-state index is 10.8. The van der Waals surface area contributed by atoms with Crippen molar-refractivity contribution in [2.75, 3.05) is 0 Å². The lowest BCUT2D eigenvalue weighted by Gasteiger charge is -2.45. The summed E-state index contributed by atoms with van der Waals surface area (Å²) in [6.07, 6.45) is -15.0. The summed E-state index contributed by atoms with van der Waals surface area (Å²) in [4.78, 5) is 0. The van der Waals surface area contributed by atoms with Crippen LogP contribution in [0.5, 0.6) is 0 Å². The fraction of sp³-hybridized carbons (Fsp3) is 1.00. The van der Waals surface area contributed by atoms with E-state index in [4.69, 9.17) is 18.8 Å². The minimum absolute atomic E-state index is 0.901. The minimum Gasteiger partial charge on any atom is -0.388 e. The van der Waals surface area contributed by atoms with Crippen LogP contribution in [0.1, 0.15) is 13.8 Å². The van der Waals surface area contributed by atoms with Gasteiger partial charge in [0.2, 0.25) is 0 Å². The quantitative estimate of drug-likeness (QED) is 0.260. The molecule has 25 heavy (non-hydrogen) atoms. The predicted molar refractivity (Wildman–Crippen MR) is 76.2 cm³/mol. The highest BCUT2D eigenvalue weighted by Gasteiger charge is 2.50. The molecule has 2 saturated heterocycles. The Morgan fingerprint density at radius 1 is 0.800 bits per heavy atom. The van der Waals surface area contributed by atoms with Gasteiger partial charge in [-0.1, -0.05) is 0 Å². The Hall–Kier alpha value is -0.450. The SMILES string of the molecule is C[C@@H]1O[C@H](O)[C@@H](O)[C@H](O[C@H]2O[C@@H](C)[C@H](OS(=O)(=O)O)[C@@H](O)[C@@H]2O)[C@H]1O. The van der Waals surface area contributed by atoms with Gasteiger partial charge in [-0.15, -0.1) is 0 Å². The first-order valence-electron chi connectivity index (χ1n) is 7.44. The number of hydrogen-bond acceptors (Lipinski definition) is 11. The summed E-state index contributed by atoms with van der Waals surface area (Å²) in [6.45, 7) is 2.71. The highest BCUT2D eigenvalue weighted by atomic mass is 32.3. The van der Waals surface area contributed by atoms with E-state index in [0.29, 0.717) is 0 Å². The molecular formula is C12H22O12S. The van der Waals surface area contributed by atoms with Crippen LogP contribution in [-0.2, 0) is 28.8 Å². The van der Waals surface area contributed by atoms with Crippen molar-refractivity contribution in [3.63, 3.8) is 0 Å². The van der Waals surface area contributed by atoms with Gasteiger partial charge in [-0.3, -0.25) is 4.55 Å². The lowest BCUT2D eigenvalue weighted by atomic mass is 9.97. The van der Waals surface area contributed by atoms with E-state index in [9.17, 15) is 34.0 Å². The highest BCUT2D eigenvalue weighted by molar-refractivity contribution is 7.80. The van der Waals surface area contributed by atoms with Crippen molar-refractivity contribution in [2.24, 2.45) is 0 Å². The molecule has 2 rings (SSSR count). The predicted octanol–water partition coefficient (Wildman–Crippen LogP) is -3.51. The van der Waals surface area contributed by atoms with Crippen LogP contribution in [0, 0.1) is 0 Å². The maximum atomic E-state index is 10.8. The largest absolute Gasteiger partial charge is 0.397 e. The van der Waals surface area contributed by atoms with E-state index in [0.717, 1.165) is 0 Å². The average Bonchev–Trinajstić information content (AvgIpc) is 2.50. The molecule has 2 heterocycles.